The number of carbonyl (C=O) groups excluding carboxylic acids is 1. The predicted molar refractivity (Wildman–Crippen MR) is 112 cm³/mol. The first-order chi connectivity index (χ1) is 13.0. The minimum Gasteiger partial charge on any atom is -0.492 e. The normalized spacial score (nSPS) is 11.7. The highest BCUT2D eigenvalue weighted by Crippen LogP contribution is 2.29. The molecule has 0 unspecified atom stereocenters. The summed E-state index contributed by atoms with van der Waals surface area (Å²) in [6, 6.07) is 8.84. The van der Waals surface area contributed by atoms with E-state index < -0.39 is 15.9 Å². The Morgan fingerprint density at radius 1 is 1.11 bits per heavy atom. The molecule has 0 aromatic heterocycles. The van der Waals surface area contributed by atoms with Crippen molar-refractivity contribution in [2.45, 2.75) is 18.7 Å². The summed E-state index contributed by atoms with van der Waals surface area (Å²) in [5, 5.41) is 3.16. The van der Waals surface area contributed by atoms with Crippen LogP contribution >= 0.6 is 23.2 Å². The van der Waals surface area contributed by atoms with Crippen LogP contribution in [0.3, 0.4) is 0 Å². The average Bonchev–Trinajstić information content (AvgIpc) is 2.60. The molecule has 0 heterocycles. The number of carbonyl (C=O) groups is 1. The molecule has 0 atom stereocenters. The summed E-state index contributed by atoms with van der Waals surface area (Å²) in [5.74, 6) is 0.321. The molecule has 2 aromatic rings. The number of ether oxygens (including phenoxy) is 1. The minimum absolute atomic E-state index is 0.0254. The van der Waals surface area contributed by atoms with Crippen LogP contribution in [0, 0.1) is 5.92 Å². The van der Waals surface area contributed by atoms with Gasteiger partial charge in [-0.2, -0.15) is 0 Å². The van der Waals surface area contributed by atoms with Crippen molar-refractivity contribution in [3.63, 3.8) is 0 Å². The van der Waals surface area contributed by atoms with Gasteiger partial charge in [-0.25, -0.2) is 12.7 Å². The van der Waals surface area contributed by atoms with Crippen LogP contribution in [0.5, 0.6) is 5.75 Å². The highest BCUT2D eigenvalue weighted by molar-refractivity contribution is 7.89. The Hall–Kier alpha value is -1.80. The van der Waals surface area contributed by atoms with Gasteiger partial charge in [-0.3, -0.25) is 4.79 Å². The number of benzene rings is 2. The standard InChI is InChI=1S/C19H22Cl2N2O4S/c1-12(2)11-27-18-8-5-13(9-17(18)21)22-19(24)15-10-14(6-7-16(15)20)28(25,26)23(3)4/h5-10,12H,11H2,1-4H3,(H,22,24). The van der Waals surface area contributed by atoms with E-state index in [0.29, 0.717) is 29.0 Å². The van der Waals surface area contributed by atoms with Gasteiger partial charge in [0.05, 0.1) is 27.1 Å². The Kier molecular flexibility index (Phi) is 7.33. The summed E-state index contributed by atoms with van der Waals surface area (Å²) in [7, 11) is -0.869. The average molecular weight is 445 g/mol. The minimum atomic E-state index is -3.69. The third-order valence-electron chi connectivity index (χ3n) is 3.72. The summed E-state index contributed by atoms with van der Waals surface area (Å²) in [6.45, 7) is 4.57. The molecule has 0 radical (unpaired) electrons. The van der Waals surface area contributed by atoms with E-state index in [4.69, 9.17) is 27.9 Å². The summed E-state index contributed by atoms with van der Waals surface area (Å²) >= 11 is 12.3. The predicted octanol–water partition coefficient (Wildman–Crippen LogP) is 4.53. The van der Waals surface area contributed by atoms with Crippen molar-refractivity contribution in [3.8, 4) is 5.75 Å². The maximum atomic E-state index is 12.6. The van der Waals surface area contributed by atoms with Crippen LogP contribution < -0.4 is 10.1 Å². The van der Waals surface area contributed by atoms with Crippen molar-refractivity contribution in [2.75, 3.05) is 26.0 Å². The van der Waals surface area contributed by atoms with Crippen molar-refractivity contribution in [1.29, 1.82) is 0 Å². The molecule has 1 N–H and O–H groups in total. The van der Waals surface area contributed by atoms with Gasteiger partial charge in [0.25, 0.3) is 5.91 Å². The molecule has 0 spiro atoms. The number of nitrogens with zero attached hydrogens (tertiary/aromatic N) is 1. The second-order valence-corrected chi connectivity index (χ2v) is 9.70. The Labute approximate surface area is 175 Å². The Morgan fingerprint density at radius 2 is 1.79 bits per heavy atom. The number of nitrogens with one attached hydrogen (secondary N) is 1. The summed E-state index contributed by atoms with van der Waals surface area (Å²) in [4.78, 5) is 12.6. The van der Waals surface area contributed by atoms with Crippen LogP contribution in [0.2, 0.25) is 10.0 Å². The monoisotopic (exact) mass is 444 g/mol. The molecule has 0 fully saturated rings. The number of hydrogen-bond acceptors (Lipinski definition) is 4. The van der Waals surface area contributed by atoms with Crippen LogP contribution in [0.25, 0.3) is 0 Å². The van der Waals surface area contributed by atoms with Crippen LogP contribution in [0.1, 0.15) is 24.2 Å². The van der Waals surface area contributed by atoms with Gasteiger partial charge in [0.2, 0.25) is 10.0 Å². The molecule has 0 bridgehead atoms. The van der Waals surface area contributed by atoms with Gasteiger partial charge in [0.15, 0.2) is 0 Å². The van der Waals surface area contributed by atoms with E-state index in [0.717, 1.165) is 4.31 Å². The van der Waals surface area contributed by atoms with Crippen LogP contribution in [0.15, 0.2) is 41.3 Å². The molecular weight excluding hydrogens is 423 g/mol. The van der Waals surface area contributed by atoms with Gasteiger partial charge in [-0.1, -0.05) is 37.0 Å². The summed E-state index contributed by atoms with van der Waals surface area (Å²) in [6.07, 6.45) is 0. The van der Waals surface area contributed by atoms with E-state index in [1.54, 1.807) is 18.2 Å². The largest absolute Gasteiger partial charge is 0.492 e. The van der Waals surface area contributed by atoms with Gasteiger partial charge in [-0.15, -0.1) is 0 Å². The Bertz CT molecular complexity index is 976. The quantitative estimate of drug-likeness (QED) is 0.680. The Morgan fingerprint density at radius 3 is 2.36 bits per heavy atom. The number of amides is 1. The zero-order valence-corrected chi connectivity index (χ0v) is 18.3. The molecular formula is C19H22Cl2N2O4S. The highest BCUT2D eigenvalue weighted by Gasteiger charge is 2.21. The second kappa shape index (κ2) is 9.13. The number of anilines is 1. The smallest absolute Gasteiger partial charge is 0.257 e. The molecule has 0 aliphatic rings. The maximum Gasteiger partial charge on any atom is 0.257 e. The fourth-order valence-corrected chi connectivity index (χ4v) is 3.57. The topological polar surface area (TPSA) is 75.7 Å². The number of sulfonamides is 1. The summed E-state index contributed by atoms with van der Waals surface area (Å²) < 4.78 is 31.2. The molecule has 2 aromatic carbocycles. The number of halogens is 2. The lowest BCUT2D eigenvalue weighted by Gasteiger charge is -2.14. The third-order valence-corrected chi connectivity index (χ3v) is 6.16. The van der Waals surface area contributed by atoms with Crippen molar-refractivity contribution in [1.82, 2.24) is 4.31 Å². The van der Waals surface area contributed by atoms with E-state index in [2.05, 4.69) is 5.32 Å². The fourth-order valence-electron chi connectivity index (χ4n) is 2.20. The molecule has 152 valence electrons. The molecule has 0 saturated heterocycles. The molecule has 0 saturated carbocycles. The zero-order chi connectivity index (χ0) is 21.1. The highest BCUT2D eigenvalue weighted by atomic mass is 35.5. The fraction of sp³-hybridized carbons (Fsp3) is 0.316. The molecule has 1 amide bonds. The lowest BCUT2D eigenvalue weighted by atomic mass is 10.2. The molecule has 9 heteroatoms. The third kappa shape index (κ3) is 5.38. The maximum absolute atomic E-state index is 12.6. The molecule has 0 aliphatic heterocycles. The van der Waals surface area contributed by atoms with E-state index in [-0.39, 0.29) is 15.5 Å². The molecule has 0 aliphatic carbocycles. The first kappa shape index (κ1) is 22.5. The number of rotatable bonds is 7. The van der Waals surface area contributed by atoms with Crippen molar-refractivity contribution in [3.05, 3.63) is 52.0 Å². The number of hydrogen-bond donors (Lipinski definition) is 1. The SMILES string of the molecule is CC(C)COc1ccc(NC(=O)c2cc(S(=O)(=O)N(C)C)ccc2Cl)cc1Cl. The first-order valence-corrected chi connectivity index (χ1v) is 10.7. The lowest BCUT2D eigenvalue weighted by molar-refractivity contribution is 0.102. The van der Waals surface area contributed by atoms with Crippen molar-refractivity contribution in [2.24, 2.45) is 5.92 Å². The van der Waals surface area contributed by atoms with Gasteiger partial charge >= 0.3 is 0 Å². The van der Waals surface area contributed by atoms with E-state index in [1.807, 2.05) is 13.8 Å². The van der Waals surface area contributed by atoms with Gasteiger partial charge in [0, 0.05) is 19.8 Å². The van der Waals surface area contributed by atoms with Gasteiger partial charge in [0.1, 0.15) is 5.75 Å². The van der Waals surface area contributed by atoms with Crippen molar-refractivity contribution >= 4 is 44.8 Å². The van der Waals surface area contributed by atoms with E-state index >= 15 is 0 Å². The van der Waals surface area contributed by atoms with Gasteiger partial charge < -0.3 is 10.1 Å². The molecule has 6 nitrogen and oxygen atoms in total. The second-order valence-electron chi connectivity index (χ2n) is 6.73. The molecule has 28 heavy (non-hydrogen) atoms. The van der Waals surface area contributed by atoms with Crippen LogP contribution in [-0.4, -0.2) is 39.3 Å². The Balaban J connectivity index is 2.24. The van der Waals surface area contributed by atoms with Crippen molar-refractivity contribution < 1.29 is 17.9 Å². The molecule has 2 rings (SSSR count). The van der Waals surface area contributed by atoms with E-state index in [9.17, 15) is 13.2 Å². The lowest BCUT2D eigenvalue weighted by Crippen LogP contribution is -2.23. The van der Waals surface area contributed by atoms with Crippen LogP contribution in [-0.2, 0) is 10.0 Å². The van der Waals surface area contributed by atoms with Crippen LogP contribution in [0.4, 0.5) is 5.69 Å². The zero-order valence-electron chi connectivity index (χ0n) is 16.0. The van der Waals surface area contributed by atoms with Gasteiger partial charge in [-0.05, 0) is 42.3 Å². The van der Waals surface area contributed by atoms with E-state index in [1.165, 1.54) is 32.3 Å². The first-order valence-electron chi connectivity index (χ1n) is 8.48. The summed E-state index contributed by atoms with van der Waals surface area (Å²) in [5.41, 5.74) is 0.477.